The van der Waals surface area contributed by atoms with E-state index in [1.807, 2.05) is 20.8 Å². The summed E-state index contributed by atoms with van der Waals surface area (Å²) in [5.41, 5.74) is 0.318. The van der Waals surface area contributed by atoms with Crippen LogP contribution in [0.15, 0.2) is 33.9 Å². The number of ether oxygens (including phenoxy) is 2. The van der Waals surface area contributed by atoms with Gasteiger partial charge in [0.05, 0.1) is 25.2 Å². The highest BCUT2D eigenvalue weighted by Gasteiger charge is 2.59. The number of halogens is 1. The monoisotopic (exact) mass is 446 g/mol. The Hall–Kier alpha value is -2.15. The summed E-state index contributed by atoms with van der Waals surface area (Å²) < 4.78 is 12.1. The van der Waals surface area contributed by atoms with Gasteiger partial charge < -0.3 is 9.47 Å². The number of hydrogen-bond acceptors (Lipinski definition) is 5. The molecule has 2 bridgehead atoms. The third-order valence-electron chi connectivity index (χ3n) is 5.46. The molecule has 2 aliphatic carbocycles. The summed E-state index contributed by atoms with van der Waals surface area (Å²) in [6.07, 6.45) is 6.56. The van der Waals surface area contributed by atoms with Crippen molar-refractivity contribution in [3.8, 4) is 11.5 Å². The van der Waals surface area contributed by atoms with Gasteiger partial charge in [-0.2, -0.15) is 10.1 Å². The Kier molecular flexibility index (Phi) is 4.61. The van der Waals surface area contributed by atoms with E-state index in [0.29, 0.717) is 17.1 Å². The Morgan fingerprint density at radius 2 is 1.71 bits per heavy atom. The summed E-state index contributed by atoms with van der Waals surface area (Å²) in [5.74, 6) is 0.611. The van der Waals surface area contributed by atoms with Crippen molar-refractivity contribution in [2.24, 2.45) is 28.8 Å². The van der Waals surface area contributed by atoms with E-state index in [1.165, 1.54) is 6.21 Å². The number of benzene rings is 1. The number of imide groups is 1. The van der Waals surface area contributed by atoms with Crippen LogP contribution in [0.2, 0.25) is 0 Å². The number of hydrogen-bond donors (Lipinski definition) is 0. The van der Waals surface area contributed by atoms with Crippen LogP contribution in [0.3, 0.4) is 0 Å². The van der Waals surface area contributed by atoms with Crippen LogP contribution in [0, 0.1) is 23.7 Å². The molecule has 148 valence electrons. The van der Waals surface area contributed by atoms with Gasteiger partial charge in [0.15, 0.2) is 11.5 Å². The smallest absolute Gasteiger partial charge is 0.254 e. The predicted octanol–water partition coefficient (Wildman–Crippen LogP) is 3.78. The number of carbonyl (C=O) groups excluding carboxylic acids is 2. The molecule has 3 aliphatic rings. The van der Waals surface area contributed by atoms with Crippen molar-refractivity contribution in [2.75, 3.05) is 7.11 Å². The first-order valence-corrected chi connectivity index (χ1v) is 10.2. The minimum Gasteiger partial charge on any atom is -0.493 e. The summed E-state index contributed by atoms with van der Waals surface area (Å²) in [7, 11) is 1.57. The Balaban J connectivity index is 1.58. The second-order valence-electron chi connectivity index (χ2n) is 8.47. The topological polar surface area (TPSA) is 68.2 Å². The van der Waals surface area contributed by atoms with Gasteiger partial charge in [-0.15, -0.1) is 0 Å². The van der Waals surface area contributed by atoms with E-state index in [4.69, 9.17) is 9.47 Å². The molecule has 2 fully saturated rings. The molecule has 0 unspecified atom stereocenters. The molecular weight excluding hydrogens is 424 g/mol. The highest BCUT2D eigenvalue weighted by molar-refractivity contribution is 9.10. The lowest BCUT2D eigenvalue weighted by Crippen LogP contribution is -2.28. The van der Waals surface area contributed by atoms with Crippen LogP contribution < -0.4 is 9.47 Å². The minimum atomic E-state index is -0.373. The lowest BCUT2D eigenvalue weighted by atomic mass is 9.85. The molecule has 1 aromatic rings. The van der Waals surface area contributed by atoms with Gasteiger partial charge >= 0.3 is 0 Å². The fraction of sp³-hybridized carbons (Fsp3) is 0.476. The molecule has 7 heteroatoms. The van der Waals surface area contributed by atoms with Crippen molar-refractivity contribution in [2.45, 2.75) is 32.8 Å². The number of allylic oxidation sites excluding steroid dienone is 2. The normalized spacial score (nSPS) is 28.5. The third kappa shape index (κ3) is 3.15. The van der Waals surface area contributed by atoms with Crippen molar-refractivity contribution in [1.82, 2.24) is 5.01 Å². The SMILES string of the molecule is COc1cc(C=NN2C(=O)[C@@H]3[C@H](C2=O)[C@H]2C=C[C@H]3C2)c(Br)cc1OC(C)(C)C. The van der Waals surface area contributed by atoms with E-state index in [1.54, 1.807) is 19.2 Å². The molecule has 28 heavy (non-hydrogen) atoms. The summed E-state index contributed by atoms with van der Waals surface area (Å²) in [6.45, 7) is 5.87. The summed E-state index contributed by atoms with van der Waals surface area (Å²) in [5, 5.41) is 5.27. The molecule has 4 atom stereocenters. The highest BCUT2D eigenvalue weighted by atomic mass is 79.9. The van der Waals surface area contributed by atoms with Gasteiger partial charge in [0.25, 0.3) is 11.8 Å². The van der Waals surface area contributed by atoms with E-state index >= 15 is 0 Å². The molecular formula is C21H23BrN2O4. The van der Waals surface area contributed by atoms with Crippen molar-refractivity contribution < 1.29 is 19.1 Å². The van der Waals surface area contributed by atoms with Gasteiger partial charge in [-0.25, -0.2) is 0 Å². The van der Waals surface area contributed by atoms with Gasteiger partial charge in [0.1, 0.15) is 5.60 Å². The Morgan fingerprint density at radius 1 is 1.11 bits per heavy atom. The van der Waals surface area contributed by atoms with E-state index in [2.05, 4.69) is 33.2 Å². The lowest BCUT2D eigenvalue weighted by molar-refractivity contribution is -0.140. The van der Waals surface area contributed by atoms with Crippen molar-refractivity contribution in [3.05, 3.63) is 34.3 Å². The first-order chi connectivity index (χ1) is 13.2. The number of amides is 2. The van der Waals surface area contributed by atoms with Crippen LogP contribution in [-0.2, 0) is 9.59 Å². The molecule has 1 heterocycles. The van der Waals surface area contributed by atoms with Crippen LogP contribution >= 0.6 is 15.9 Å². The molecule has 1 saturated heterocycles. The number of nitrogens with zero attached hydrogens (tertiary/aromatic N) is 2. The van der Waals surface area contributed by atoms with Crippen LogP contribution in [-0.4, -0.2) is 35.7 Å². The molecule has 0 radical (unpaired) electrons. The molecule has 0 spiro atoms. The predicted molar refractivity (Wildman–Crippen MR) is 108 cm³/mol. The zero-order valence-corrected chi connectivity index (χ0v) is 17.9. The van der Waals surface area contributed by atoms with Crippen LogP contribution in [0.5, 0.6) is 11.5 Å². The molecule has 0 N–H and O–H groups in total. The van der Waals surface area contributed by atoms with Crippen molar-refractivity contribution in [1.29, 1.82) is 0 Å². The van der Waals surface area contributed by atoms with Crippen molar-refractivity contribution >= 4 is 34.0 Å². The van der Waals surface area contributed by atoms with E-state index in [9.17, 15) is 9.59 Å². The van der Waals surface area contributed by atoms with Gasteiger partial charge in [-0.1, -0.05) is 12.2 Å². The number of rotatable bonds is 4. The van der Waals surface area contributed by atoms with Crippen LogP contribution in [0.4, 0.5) is 0 Å². The van der Waals surface area contributed by atoms with E-state index < -0.39 is 0 Å². The third-order valence-corrected chi connectivity index (χ3v) is 6.15. The van der Waals surface area contributed by atoms with Gasteiger partial charge in [0, 0.05) is 10.0 Å². The molecule has 0 aromatic heterocycles. The number of hydrazone groups is 1. The quantitative estimate of drug-likeness (QED) is 0.400. The average Bonchev–Trinajstić information content (AvgIpc) is 3.28. The van der Waals surface area contributed by atoms with Crippen LogP contribution in [0.25, 0.3) is 0 Å². The molecule has 2 amide bonds. The number of methoxy groups -OCH3 is 1. The zero-order valence-electron chi connectivity index (χ0n) is 16.3. The fourth-order valence-electron chi connectivity index (χ4n) is 4.34. The highest BCUT2D eigenvalue weighted by Crippen LogP contribution is 2.52. The Bertz CT molecular complexity index is 872. The van der Waals surface area contributed by atoms with E-state index in [-0.39, 0.29) is 41.1 Å². The summed E-state index contributed by atoms with van der Waals surface area (Å²) in [6, 6.07) is 3.57. The van der Waals surface area contributed by atoms with Gasteiger partial charge in [0.2, 0.25) is 0 Å². The molecule has 1 aliphatic heterocycles. The zero-order chi connectivity index (χ0) is 20.2. The Labute approximate surface area is 172 Å². The molecule has 4 rings (SSSR count). The fourth-order valence-corrected chi connectivity index (χ4v) is 4.76. The molecule has 6 nitrogen and oxygen atoms in total. The molecule has 1 aromatic carbocycles. The average molecular weight is 447 g/mol. The maximum absolute atomic E-state index is 12.7. The van der Waals surface area contributed by atoms with Crippen LogP contribution in [0.1, 0.15) is 32.8 Å². The lowest BCUT2D eigenvalue weighted by Gasteiger charge is -2.23. The van der Waals surface area contributed by atoms with Gasteiger partial charge in [-0.05, 0) is 67.1 Å². The summed E-state index contributed by atoms with van der Waals surface area (Å²) in [4.78, 5) is 25.5. The first-order valence-electron chi connectivity index (χ1n) is 9.36. The maximum atomic E-state index is 12.7. The first kappa shape index (κ1) is 19.2. The standard InChI is InChI=1S/C21H23BrN2O4/c1-21(2,3)28-16-9-14(22)13(8-15(16)27-4)10-23-24-19(25)17-11-5-6-12(7-11)18(17)20(24)26/h5-6,8-12,17-18H,7H2,1-4H3/t11-,12-,17-,18+/m0/s1. The largest absolute Gasteiger partial charge is 0.493 e. The summed E-state index contributed by atoms with van der Waals surface area (Å²) >= 11 is 3.51. The Morgan fingerprint density at radius 3 is 2.25 bits per heavy atom. The van der Waals surface area contributed by atoms with Gasteiger partial charge in [-0.3, -0.25) is 9.59 Å². The minimum absolute atomic E-state index is 0.173. The second-order valence-corrected chi connectivity index (χ2v) is 9.33. The number of carbonyl (C=O) groups is 2. The molecule has 1 saturated carbocycles. The van der Waals surface area contributed by atoms with Crippen molar-refractivity contribution in [3.63, 3.8) is 0 Å². The maximum Gasteiger partial charge on any atom is 0.254 e. The van der Waals surface area contributed by atoms with E-state index in [0.717, 1.165) is 15.9 Å². The number of fused-ring (bicyclic) bond motifs is 5. The second kappa shape index (κ2) is 6.72.